The molecule has 0 aromatic carbocycles. The first-order chi connectivity index (χ1) is 8.78. The van der Waals surface area contributed by atoms with Gasteiger partial charge in [0.25, 0.3) is 10.0 Å². The van der Waals surface area contributed by atoms with E-state index < -0.39 is 15.6 Å². The number of hydrogen-bond donors (Lipinski definition) is 1. The van der Waals surface area contributed by atoms with E-state index in [4.69, 9.17) is 0 Å². The Morgan fingerprint density at radius 1 is 1.42 bits per heavy atom. The maximum Gasteiger partial charge on any atom is 0.260 e. The Morgan fingerprint density at radius 2 is 2.00 bits per heavy atom. The lowest BCUT2D eigenvalue weighted by Gasteiger charge is -2.25. The van der Waals surface area contributed by atoms with Crippen LogP contribution < -0.4 is 4.72 Å². The molecule has 0 amide bonds. The molecule has 0 atom stereocenters. The Kier molecular flexibility index (Phi) is 6.03. The highest BCUT2D eigenvalue weighted by atomic mass is 79.9. The van der Waals surface area contributed by atoms with Crippen molar-refractivity contribution in [2.45, 2.75) is 44.3 Å². The third-order valence-corrected chi connectivity index (χ3v) is 6.65. The summed E-state index contributed by atoms with van der Waals surface area (Å²) in [5.74, 6) is 0.710. The first-order valence-electron chi connectivity index (χ1n) is 5.97. The monoisotopic (exact) mass is 415 g/mol. The molecule has 0 aliphatic heterocycles. The second-order valence-corrected chi connectivity index (χ2v) is 7.50. The molecule has 0 aliphatic rings. The standard InChI is InChI=1S/C11H19Br2N3O2S/c1-4-5-16-6-10(14-9(16)2)19(17,18)15-11(3,7-12)8-13/h6,15H,4-5,7-8H2,1-3H3. The van der Waals surface area contributed by atoms with Crippen LogP contribution in [0.4, 0.5) is 0 Å². The van der Waals surface area contributed by atoms with Crippen LogP contribution in [0.1, 0.15) is 26.1 Å². The predicted octanol–water partition coefficient (Wildman–Crippen LogP) is 2.43. The van der Waals surface area contributed by atoms with E-state index in [0.717, 1.165) is 13.0 Å². The third-order valence-electron chi connectivity index (χ3n) is 2.66. The molecular formula is C11H19Br2N3O2S. The predicted molar refractivity (Wildman–Crippen MR) is 83.6 cm³/mol. The number of nitrogens with one attached hydrogen (secondary N) is 1. The molecule has 1 aromatic rings. The van der Waals surface area contributed by atoms with Crippen molar-refractivity contribution in [1.82, 2.24) is 14.3 Å². The van der Waals surface area contributed by atoms with Crippen molar-refractivity contribution in [2.24, 2.45) is 0 Å². The Bertz CT molecular complexity index is 524. The van der Waals surface area contributed by atoms with Crippen LogP contribution in [0.5, 0.6) is 0 Å². The zero-order valence-electron chi connectivity index (χ0n) is 11.3. The minimum Gasteiger partial charge on any atom is -0.334 e. The topological polar surface area (TPSA) is 64.0 Å². The van der Waals surface area contributed by atoms with E-state index in [2.05, 4.69) is 41.6 Å². The number of aryl methyl sites for hydroxylation is 2. The van der Waals surface area contributed by atoms with Gasteiger partial charge in [-0.15, -0.1) is 0 Å². The van der Waals surface area contributed by atoms with E-state index in [1.54, 1.807) is 6.20 Å². The van der Waals surface area contributed by atoms with Gasteiger partial charge in [0.05, 0.1) is 0 Å². The van der Waals surface area contributed by atoms with Crippen LogP contribution in [0.15, 0.2) is 11.2 Å². The molecule has 0 unspecified atom stereocenters. The van der Waals surface area contributed by atoms with Crippen molar-refractivity contribution in [3.8, 4) is 0 Å². The highest BCUT2D eigenvalue weighted by Gasteiger charge is 2.30. The number of rotatable bonds is 7. The number of hydrogen-bond acceptors (Lipinski definition) is 3. The molecule has 0 aliphatic carbocycles. The number of sulfonamides is 1. The van der Waals surface area contributed by atoms with E-state index >= 15 is 0 Å². The second-order valence-electron chi connectivity index (χ2n) is 4.75. The lowest BCUT2D eigenvalue weighted by Crippen LogP contribution is -2.48. The van der Waals surface area contributed by atoms with Gasteiger partial charge in [0.1, 0.15) is 5.82 Å². The third kappa shape index (κ3) is 4.27. The Balaban J connectivity index is 3.04. The van der Waals surface area contributed by atoms with Crippen molar-refractivity contribution < 1.29 is 8.42 Å². The molecule has 0 saturated heterocycles. The fourth-order valence-electron chi connectivity index (χ4n) is 1.54. The SMILES string of the molecule is CCCn1cc(S(=O)(=O)NC(C)(CBr)CBr)nc1C. The van der Waals surface area contributed by atoms with Gasteiger partial charge < -0.3 is 4.57 Å². The lowest BCUT2D eigenvalue weighted by molar-refractivity contribution is 0.507. The molecule has 0 radical (unpaired) electrons. The van der Waals surface area contributed by atoms with Crippen LogP contribution in [0.3, 0.4) is 0 Å². The molecule has 1 rings (SSSR count). The van der Waals surface area contributed by atoms with Gasteiger partial charge in [0, 0.05) is 28.9 Å². The fraction of sp³-hybridized carbons (Fsp3) is 0.727. The van der Waals surface area contributed by atoms with Gasteiger partial charge in [-0.1, -0.05) is 38.8 Å². The van der Waals surface area contributed by atoms with Crippen LogP contribution in [0, 0.1) is 6.92 Å². The fourth-order valence-corrected chi connectivity index (χ4v) is 4.54. The summed E-state index contributed by atoms with van der Waals surface area (Å²) in [6.45, 7) is 6.44. The average Bonchev–Trinajstić information content (AvgIpc) is 2.72. The first kappa shape index (κ1) is 17.1. The molecule has 5 nitrogen and oxygen atoms in total. The molecule has 0 spiro atoms. The van der Waals surface area contributed by atoms with Gasteiger partial charge in [-0.3, -0.25) is 0 Å². The Hall–Kier alpha value is 0.0800. The second kappa shape index (κ2) is 6.69. The van der Waals surface area contributed by atoms with Crippen LogP contribution in [0.2, 0.25) is 0 Å². The molecule has 8 heteroatoms. The van der Waals surface area contributed by atoms with Crippen molar-refractivity contribution in [2.75, 3.05) is 10.7 Å². The van der Waals surface area contributed by atoms with E-state index in [0.29, 0.717) is 16.5 Å². The van der Waals surface area contributed by atoms with Crippen LogP contribution in [0.25, 0.3) is 0 Å². The summed E-state index contributed by atoms with van der Waals surface area (Å²) in [5, 5.41) is 1.10. The zero-order chi connectivity index (χ0) is 14.7. The number of halogens is 2. The Morgan fingerprint density at radius 3 is 2.47 bits per heavy atom. The van der Waals surface area contributed by atoms with Gasteiger partial charge >= 0.3 is 0 Å². The molecule has 110 valence electrons. The molecular weight excluding hydrogens is 398 g/mol. The summed E-state index contributed by atoms with van der Waals surface area (Å²) in [5.41, 5.74) is -0.582. The van der Waals surface area contributed by atoms with Gasteiger partial charge in [0.2, 0.25) is 0 Å². The van der Waals surface area contributed by atoms with E-state index in [9.17, 15) is 8.42 Å². The normalized spacial score (nSPS) is 12.9. The summed E-state index contributed by atoms with van der Waals surface area (Å²) in [6, 6.07) is 0. The van der Waals surface area contributed by atoms with Crippen LogP contribution in [-0.4, -0.2) is 34.2 Å². The molecule has 0 fully saturated rings. The molecule has 1 heterocycles. The number of aromatic nitrogens is 2. The highest BCUT2D eigenvalue weighted by molar-refractivity contribution is 9.09. The summed E-state index contributed by atoms with van der Waals surface area (Å²) < 4.78 is 29.1. The van der Waals surface area contributed by atoms with Gasteiger partial charge in [-0.2, -0.15) is 0 Å². The lowest BCUT2D eigenvalue weighted by atomic mass is 10.1. The van der Waals surface area contributed by atoms with Crippen molar-refractivity contribution in [3.05, 3.63) is 12.0 Å². The maximum atomic E-state index is 12.3. The molecule has 1 N–H and O–H groups in total. The number of nitrogens with zero attached hydrogens (tertiary/aromatic N) is 2. The molecule has 19 heavy (non-hydrogen) atoms. The summed E-state index contributed by atoms with van der Waals surface area (Å²) in [7, 11) is -3.60. The summed E-state index contributed by atoms with van der Waals surface area (Å²) in [4.78, 5) is 4.14. The zero-order valence-corrected chi connectivity index (χ0v) is 15.3. The molecule has 0 bridgehead atoms. The average molecular weight is 417 g/mol. The van der Waals surface area contributed by atoms with E-state index in [1.807, 2.05) is 25.3 Å². The maximum absolute atomic E-state index is 12.3. The van der Waals surface area contributed by atoms with Gasteiger partial charge in [0.15, 0.2) is 5.03 Å². The van der Waals surface area contributed by atoms with E-state index in [-0.39, 0.29) is 5.03 Å². The highest BCUT2D eigenvalue weighted by Crippen LogP contribution is 2.17. The number of imidazole rings is 1. The quantitative estimate of drug-likeness (QED) is 0.694. The summed E-state index contributed by atoms with van der Waals surface area (Å²) in [6.07, 6.45) is 2.52. The van der Waals surface area contributed by atoms with Gasteiger partial charge in [-0.05, 0) is 20.3 Å². The minimum absolute atomic E-state index is 0.0755. The molecule has 1 aromatic heterocycles. The molecule has 0 saturated carbocycles. The smallest absolute Gasteiger partial charge is 0.260 e. The van der Waals surface area contributed by atoms with Crippen molar-refractivity contribution >= 4 is 41.9 Å². The van der Waals surface area contributed by atoms with Crippen molar-refractivity contribution in [3.63, 3.8) is 0 Å². The van der Waals surface area contributed by atoms with Crippen LogP contribution >= 0.6 is 31.9 Å². The van der Waals surface area contributed by atoms with Gasteiger partial charge in [-0.25, -0.2) is 18.1 Å². The van der Waals surface area contributed by atoms with E-state index in [1.165, 1.54) is 0 Å². The number of alkyl halides is 2. The van der Waals surface area contributed by atoms with Crippen molar-refractivity contribution in [1.29, 1.82) is 0 Å². The summed E-state index contributed by atoms with van der Waals surface area (Å²) >= 11 is 6.64. The first-order valence-corrected chi connectivity index (χ1v) is 9.70. The minimum atomic E-state index is -3.60. The Labute approximate surface area is 131 Å². The van der Waals surface area contributed by atoms with Crippen LogP contribution in [-0.2, 0) is 16.6 Å². The largest absolute Gasteiger partial charge is 0.334 e.